The molecule has 0 unspecified atom stereocenters. The molecule has 1 atom stereocenters. The number of amides is 1. The van der Waals surface area contributed by atoms with E-state index in [1.165, 1.54) is 17.0 Å². The highest BCUT2D eigenvalue weighted by Gasteiger charge is 2.35. The zero-order valence-electron chi connectivity index (χ0n) is 13.7. The van der Waals surface area contributed by atoms with Crippen LogP contribution in [0.1, 0.15) is 22.1 Å². The molecule has 0 aliphatic carbocycles. The van der Waals surface area contributed by atoms with Crippen LogP contribution in [-0.4, -0.2) is 5.91 Å². The summed E-state index contributed by atoms with van der Waals surface area (Å²) in [6, 6.07) is 16.6. The van der Waals surface area contributed by atoms with Gasteiger partial charge in [-0.2, -0.15) is 0 Å². The molecule has 3 nitrogen and oxygen atoms in total. The van der Waals surface area contributed by atoms with Gasteiger partial charge >= 0.3 is 0 Å². The third kappa shape index (κ3) is 3.51. The molecular formula is C20H12Cl2FIN2O. The van der Waals surface area contributed by atoms with Gasteiger partial charge in [0.1, 0.15) is 12.0 Å². The van der Waals surface area contributed by atoms with E-state index in [4.69, 9.17) is 23.2 Å². The number of nitrogens with one attached hydrogen (secondary N) is 1. The van der Waals surface area contributed by atoms with E-state index in [0.29, 0.717) is 32.5 Å². The molecule has 1 aliphatic heterocycles. The number of nitrogens with zero attached hydrogens (tertiary/aromatic N) is 1. The van der Waals surface area contributed by atoms with E-state index in [-0.39, 0.29) is 5.91 Å². The van der Waals surface area contributed by atoms with Gasteiger partial charge in [0, 0.05) is 30.6 Å². The minimum atomic E-state index is -0.600. The molecule has 0 saturated heterocycles. The quantitative estimate of drug-likeness (QED) is 0.397. The first-order chi connectivity index (χ1) is 12.9. The molecule has 3 aromatic carbocycles. The molecule has 0 saturated carbocycles. The predicted octanol–water partition coefficient (Wildman–Crippen LogP) is 6.51. The summed E-state index contributed by atoms with van der Waals surface area (Å²) in [5.41, 5.74) is 2.33. The average Bonchev–Trinajstić information content (AvgIpc) is 2.62. The Kier molecular flexibility index (Phi) is 5.01. The van der Waals surface area contributed by atoms with Crippen molar-refractivity contribution in [1.82, 2.24) is 0 Å². The van der Waals surface area contributed by atoms with Gasteiger partial charge < -0.3 is 5.32 Å². The molecule has 1 N–H and O–H groups in total. The molecule has 4 rings (SSSR count). The van der Waals surface area contributed by atoms with Crippen molar-refractivity contribution in [1.29, 1.82) is 0 Å². The summed E-state index contributed by atoms with van der Waals surface area (Å²) in [5, 5.41) is 4.27. The van der Waals surface area contributed by atoms with Crippen LogP contribution in [0.15, 0.2) is 60.7 Å². The van der Waals surface area contributed by atoms with E-state index in [1.807, 2.05) is 12.1 Å². The van der Waals surface area contributed by atoms with Crippen molar-refractivity contribution in [3.63, 3.8) is 0 Å². The molecule has 0 radical (unpaired) electrons. The zero-order chi connectivity index (χ0) is 19.1. The second-order valence-electron chi connectivity index (χ2n) is 6.06. The second kappa shape index (κ2) is 7.30. The Hall–Kier alpha value is -1.83. The van der Waals surface area contributed by atoms with Gasteiger partial charge in [0.2, 0.25) is 0 Å². The van der Waals surface area contributed by atoms with Crippen LogP contribution in [0, 0.1) is 9.39 Å². The molecule has 136 valence electrons. The van der Waals surface area contributed by atoms with E-state index < -0.39 is 12.0 Å². The average molecular weight is 513 g/mol. The maximum absolute atomic E-state index is 13.9. The van der Waals surface area contributed by atoms with E-state index in [0.717, 1.165) is 3.57 Å². The van der Waals surface area contributed by atoms with E-state index >= 15 is 0 Å². The van der Waals surface area contributed by atoms with Crippen molar-refractivity contribution in [2.75, 3.05) is 10.2 Å². The fraction of sp³-hybridized carbons (Fsp3) is 0.0500. The molecule has 1 amide bonds. The first-order valence-electron chi connectivity index (χ1n) is 8.04. The molecule has 7 heteroatoms. The van der Waals surface area contributed by atoms with E-state index in [2.05, 4.69) is 27.9 Å². The van der Waals surface area contributed by atoms with Crippen LogP contribution in [-0.2, 0) is 0 Å². The number of anilines is 2. The summed E-state index contributed by atoms with van der Waals surface area (Å²) in [7, 11) is 0. The van der Waals surface area contributed by atoms with Crippen LogP contribution >= 0.6 is 45.8 Å². The molecule has 1 aliphatic rings. The van der Waals surface area contributed by atoms with Gasteiger partial charge in [-0.3, -0.25) is 9.69 Å². The summed E-state index contributed by atoms with van der Waals surface area (Å²) in [6.45, 7) is 0. The molecule has 0 spiro atoms. The summed E-state index contributed by atoms with van der Waals surface area (Å²) in [4.78, 5) is 14.8. The highest BCUT2D eigenvalue weighted by molar-refractivity contribution is 14.1. The number of hydrogen-bond donors (Lipinski definition) is 1. The fourth-order valence-corrected chi connectivity index (χ4v) is 4.11. The Balaban J connectivity index is 1.91. The van der Waals surface area contributed by atoms with Crippen LogP contribution in [0.3, 0.4) is 0 Å². The maximum atomic E-state index is 13.9. The summed E-state index contributed by atoms with van der Waals surface area (Å²) in [5.74, 6) is -0.654. The molecule has 27 heavy (non-hydrogen) atoms. The van der Waals surface area contributed by atoms with Gasteiger partial charge in [-0.05, 0) is 71.1 Å². The number of carbonyl (C=O) groups is 1. The number of fused-ring (bicyclic) bond motifs is 1. The normalized spacial score (nSPS) is 16.1. The van der Waals surface area contributed by atoms with Gasteiger partial charge in [0.05, 0.1) is 5.56 Å². The monoisotopic (exact) mass is 512 g/mol. The lowest BCUT2D eigenvalue weighted by molar-refractivity contribution is 0.0975. The summed E-state index contributed by atoms with van der Waals surface area (Å²) >= 11 is 14.6. The third-order valence-electron chi connectivity index (χ3n) is 4.32. The van der Waals surface area contributed by atoms with Crippen molar-refractivity contribution in [2.45, 2.75) is 6.17 Å². The van der Waals surface area contributed by atoms with Crippen molar-refractivity contribution in [3.05, 3.63) is 91.2 Å². The van der Waals surface area contributed by atoms with Crippen LogP contribution in [0.4, 0.5) is 15.8 Å². The SMILES string of the molecule is O=C1c2cc(I)ccc2N[C@H](c2ccc(Cl)cc2Cl)N1c1cccc(F)c1. The molecular weight excluding hydrogens is 501 g/mol. The first-order valence-corrected chi connectivity index (χ1v) is 9.87. The van der Waals surface area contributed by atoms with Crippen molar-refractivity contribution in [3.8, 4) is 0 Å². The molecule has 0 bridgehead atoms. The standard InChI is InChI=1S/C20H12Cl2FIN2O/c21-11-4-6-15(17(22)8-11)19-25-18-7-5-13(24)10-16(18)20(27)26(19)14-3-1-2-12(23)9-14/h1-10,19,25H/t19-/m0/s1. The Labute approximate surface area is 179 Å². The topological polar surface area (TPSA) is 32.3 Å². The van der Waals surface area contributed by atoms with Crippen molar-refractivity contribution < 1.29 is 9.18 Å². The lowest BCUT2D eigenvalue weighted by Gasteiger charge is -2.38. The number of halogens is 4. The number of hydrogen-bond acceptors (Lipinski definition) is 2. The van der Waals surface area contributed by atoms with E-state index in [1.54, 1.807) is 36.4 Å². The minimum Gasteiger partial charge on any atom is -0.360 e. The predicted molar refractivity (Wildman–Crippen MR) is 115 cm³/mol. The largest absolute Gasteiger partial charge is 0.360 e. The Morgan fingerprint density at radius 1 is 1.04 bits per heavy atom. The lowest BCUT2D eigenvalue weighted by atomic mass is 10.0. The van der Waals surface area contributed by atoms with Gasteiger partial charge in [-0.1, -0.05) is 35.3 Å². The van der Waals surface area contributed by atoms with Crippen LogP contribution in [0.25, 0.3) is 0 Å². The zero-order valence-corrected chi connectivity index (χ0v) is 17.4. The molecule has 0 fully saturated rings. The lowest BCUT2D eigenvalue weighted by Crippen LogP contribution is -2.43. The molecule has 3 aromatic rings. The second-order valence-corrected chi connectivity index (χ2v) is 8.15. The van der Waals surface area contributed by atoms with Crippen LogP contribution in [0.2, 0.25) is 10.0 Å². The van der Waals surface area contributed by atoms with Crippen molar-refractivity contribution in [2.24, 2.45) is 0 Å². The number of rotatable bonds is 2. The smallest absolute Gasteiger partial charge is 0.262 e. The summed E-state index contributed by atoms with van der Waals surface area (Å²) < 4.78 is 14.8. The number of carbonyl (C=O) groups excluding carboxylic acids is 1. The van der Waals surface area contributed by atoms with E-state index in [9.17, 15) is 9.18 Å². The third-order valence-corrected chi connectivity index (χ3v) is 5.56. The van der Waals surface area contributed by atoms with Crippen LogP contribution in [0.5, 0.6) is 0 Å². The Morgan fingerprint density at radius 3 is 2.59 bits per heavy atom. The van der Waals surface area contributed by atoms with Gasteiger partial charge in [0.25, 0.3) is 5.91 Å². The minimum absolute atomic E-state index is 0.233. The highest BCUT2D eigenvalue weighted by atomic mass is 127. The first kappa shape index (κ1) is 18.5. The van der Waals surface area contributed by atoms with Gasteiger partial charge in [-0.25, -0.2) is 4.39 Å². The maximum Gasteiger partial charge on any atom is 0.262 e. The van der Waals surface area contributed by atoms with Gasteiger partial charge in [0.15, 0.2) is 0 Å². The highest BCUT2D eigenvalue weighted by Crippen LogP contribution is 2.39. The molecule has 0 aromatic heterocycles. The fourth-order valence-electron chi connectivity index (χ4n) is 3.11. The van der Waals surface area contributed by atoms with Crippen molar-refractivity contribution >= 4 is 63.1 Å². The Morgan fingerprint density at radius 2 is 1.85 bits per heavy atom. The van der Waals surface area contributed by atoms with Crippen LogP contribution < -0.4 is 10.2 Å². The number of benzene rings is 3. The molecule has 1 heterocycles. The summed E-state index contributed by atoms with van der Waals surface area (Å²) in [6.07, 6.45) is -0.600. The van der Waals surface area contributed by atoms with Gasteiger partial charge in [-0.15, -0.1) is 0 Å². The Bertz CT molecular complexity index is 1060.